The summed E-state index contributed by atoms with van der Waals surface area (Å²) in [4.78, 5) is 22.0. The molecule has 114 valence electrons. The van der Waals surface area contributed by atoms with Gasteiger partial charge in [0.2, 0.25) is 5.95 Å². The van der Waals surface area contributed by atoms with Gasteiger partial charge in [-0.1, -0.05) is 0 Å². The molecule has 0 saturated carbocycles. The number of rotatable bonds is 3. The highest BCUT2D eigenvalue weighted by Crippen LogP contribution is 2.17. The predicted octanol–water partition coefficient (Wildman–Crippen LogP) is 2.73. The molecule has 0 spiro atoms. The molecule has 22 heavy (non-hydrogen) atoms. The van der Waals surface area contributed by atoms with Gasteiger partial charge in [0, 0.05) is 37.2 Å². The summed E-state index contributed by atoms with van der Waals surface area (Å²) in [5.74, 6) is -1.75. The van der Waals surface area contributed by atoms with Crippen LogP contribution in [0.15, 0.2) is 30.6 Å². The number of hydrogen-bond acceptors (Lipinski definition) is 4. The first-order valence-electron chi connectivity index (χ1n) is 6.97. The normalized spacial score (nSPS) is 14.2. The van der Waals surface area contributed by atoms with Crippen molar-refractivity contribution < 1.29 is 13.6 Å². The molecule has 1 fully saturated rings. The van der Waals surface area contributed by atoms with Crippen molar-refractivity contribution in [1.29, 1.82) is 0 Å². The lowest BCUT2D eigenvalue weighted by atomic mass is 10.3. The lowest BCUT2D eigenvalue weighted by Crippen LogP contribution is -2.27. The van der Waals surface area contributed by atoms with Gasteiger partial charge in [-0.3, -0.25) is 4.79 Å². The monoisotopic (exact) mass is 304 g/mol. The van der Waals surface area contributed by atoms with Crippen molar-refractivity contribution in [2.24, 2.45) is 0 Å². The minimum Gasteiger partial charge on any atom is -0.339 e. The zero-order valence-electron chi connectivity index (χ0n) is 11.7. The van der Waals surface area contributed by atoms with Gasteiger partial charge >= 0.3 is 0 Å². The zero-order valence-corrected chi connectivity index (χ0v) is 11.7. The van der Waals surface area contributed by atoms with E-state index in [-0.39, 0.29) is 11.9 Å². The number of benzene rings is 1. The van der Waals surface area contributed by atoms with Crippen LogP contribution in [0.4, 0.5) is 20.4 Å². The second kappa shape index (κ2) is 6.05. The number of nitrogens with zero attached hydrogens (tertiary/aromatic N) is 3. The van der Waals surface area contributed by atoms with E-state index in [2.05, 4.69) is 15.3 Å². The van der Waals surface area contributed by atoms with Crippen LogP contribution in [0.3, 0.4) is 0 Å². The molecule has 0 aliphatic carbocycles. The summed E-state index contributed by atoms with van der Waals surface area (Å²) < 4.78 is 26.0. The SMILES string of the molecule is O=C(c1cnc(Nc2ccc(F)c(F)c2)nc1)N1CCCC1. The van der Waals surface area contributed by atoms with Crippen molar-refractivity contribution in [1.82, 2.24) is 14.9 Å². The van der Waals surface area contributed by atoms with Crippen LogP contribution in [-0.4, -0.2) is 33.9 Å². The Morgan fingerprint density at radius 1 is 1.09 bits per heavy atom. The van der Waals surface area contributed by atoms with Gasteiger partial charge in [0.25, 0.3) is 5.91 Å². The van der Waals surface area contributed by atoms with E-state index < -0.39 is 11.6 Å². The van der Waals surface area contributed by atoms with Crippen molar-refractivity contribution in [3.8, 4) is 0 Å². The zero-order chi connectivity index (χ0) is 15.5. The smallest absolute Gasteiger partial charge is 0.256 e. The van der Waals surface area contributed by atoms with Gasteiger partial charge in [-0.25, -0.2) is 18.7 Å². The molecular formula is C15H14F2N4O. The number of hydrogen-bond donors (Lipinski definition) is 1. The van der Waals surface area contributed by atoms with E-state index >= 15 is 0 Å². The molecule has 1 saturated heterocycles. The highest BCUT2D eigenvalue weighted by molar-refractivity contribution is 5.93. The van der Waals surface area contributed by atoms with Crippen LogP contribution in [0.1, 0.15) is 23.2 Å². The lowest BCUT2D eigenvalue weighted by Gasteiger charge is -2.14. The van der Waals surface area contributed by atoms with Crippen LogP contribution < -0.4 is 5.32 Å². The summed E-state index contributed by atoms with van der Waals surface area (Å²) in [6.07, 6.45) is 4.89. The van der Waals surface area contributed by atoms with E-state index in [0.717, 1.165) is 38.1 Å². The van der Waals surface area contributed by atoms with Crippen molar-refractivity contribution in [2.75, 3.05) is 18.4 Å². The predicted molar refractivity (Wildman–Crippen MR) is 76.8 cm³/mol. The fourth-order valence-electron chi connectivity index (χ4n) is 2.31. The fraction of sp³-hybridized carbons (Fsp3) is 0.267. The van der Waals surface area contributed by atoms with Gasteiger partial charge in [0.05, 0.1) is 5.56 Å². The Hall–Kier alpha value is -2.57. The first-order chi connectivity index (χ1) is 10.6. The highest BCUT2D eigenvalue weighted by Gasteiger charge is 2.19. The molecule has 0 unspecified atom stereocenters. The maximum absolute atomic E-state index is 13.1. The summed E-state index contributed by atoms with van der Waals surface area (Å²) in [7, 11) is 0. The standard InChI is InChI=1S/C15H14F2N4O/c16-12-4-3-11(7-13(12)17)20-15-18-8-10(9-19-15)14(22)21-5-1-2-6-21/h3-4,7-9H,1-2,5-6H2,(H,18,19,20). The molecule has 0 bridgehead atoms. The Morgan fingerprint density at radius 2 is 1.77 bits per heavy atom. The minimum atomic E-state index is -0.953. The Bertz CT molecular complexity index is 684. The van der Waals surface area contributed by atoms with E-state index in [1.54, 1.807) is 4.90 Å². The van der Waals surface area contributed by atoms with Gasteiger partial charge in [0.1, 0.15) is 0 Å². The van der Waals surface area contributed by atoms with E-state index in [9.17, 15) is 13.6 Å². The van der Waals surface area contributed by atoms with E-state index in [1.807, 2.05) is 0 Å². The van der Waals surface area contributed by atoms with Crippen LogP contribution in [0.2, 0.25) is 0 Å². The molecule has 1 aromatic heterocycles. The average molecular weight is 304 g/mol. The van der Waals surface area contributed by atoms with Gasteiger partial charge in [-0.05, 0) is 25.0 Å². The van der Waals surface area contributed by atoms with Crippen LogP contribution in [-0.2, 0) is 0 Å². The van der Waals surface area contributed by atoms with Crippen molar-refractivity contribution in [3.63, 3.8) is 0 Å². The maximum Gasteiger partial charge on any atom is 0.256 e. The molecule has 1 amide bonds. The van der Waals surface area contributed by atoms with Crippen LogP contribution in [0.25, 0.3) is 0 Å². The number of aromatic nitrogens is 2. The summed E-state index contributed by atoms with van der Waals surface area (Å²) in [6.45, 7) is 1.52. The summed E-state index contributed by atoms with van der Waals surface area (Å²) in [5, 5.41) is 2.75. The van der Waals surface area contributed by atoms with Crippen LogP contribution in [0, 0.1) is 11.6 Å². The van der Waals surface area contributed by atoms with E-state index in [4.69, 9.17) is 0 Å². The molecule has 2 heterocycles. The molecule has 1 aliphatic heterocycles. The summed E-state index contributed by atoms with van der Waals surface area (Å²) >= 11 is 0. The van der Waals surface area contributed by atoms with Crippen molar-refractivity contribution in [2.45, 2.75) is 12.8 Å². The highest BCUT2D eigenvalue weighted by atomic mass is 19.2. The molecule has 7 heteroatoms. The van der Waals surface area contributed by atoms with Crippen LogP contribution >= 0.6 is 0 Å². The Balaban J connectivity index is 1.70. The number of nitrogens with one attached hydrogen (secondary N) is 1. The fourth-order valence-corrected chi connectivity index (χ4v) is 2.31. The summed E-state index contributed by atoms with van der Waals surface area (Å²) in [5.41, 5.74) is 0.746. The van der Waals surface area contributed by atoms with Crippen molar-refractivity contribution >= 4 is 17.5 Å². The third-order valence-corrected chi connectivity index (χ3v) is 3.47. The average Bonchev–Trinajstić information content (AvgIpc) is 3.05. The Kier molecular flexibility index (Phi) is 3.95. The third kappa shape index (κ3) is 3.03. The molecule has 3 rings (SSSR count). The molecule has 1 N–H and O–H groups in total. The van der Waals surface area contributed by atoms with Crippen molar-refractivity contribution in [3.05, 3.63) is 47.8 Å². The molecule has 2 aromatic rings. The quantitative estimate of drug-likeness (QED) is 0.947. The largest absolute Gasteiger partial charge is 0.339 e. The molecule has 1 aromatic carbocycles. The number of anilines is 2. The number of carbonyl (C=O) groups is 1. The van der Waals surface area contributed by atoms with E-state index in [1.165, 1.54) is 18.5 Å². The number of likely N-dealkylation sites (tertiary alicyclic amines) is 1. The first kappa shape index (κ1) is 14.4. The number of halogens is 2. The second-order valence-electron chi connectivity index (χ2n) is 5.05. The summed E-state index contributed by atoms with van der Waals surface area (Å²) in [6, 6.07) is 3.41. The Labute approximate surface area is 126 Å². The molecule has 5 nitrogen and oxygen atoms in total. The topological polar surface area (TPSA) is 58.1 Å². The van der Waals surface area contributed by atoms with Crippen LogP contribution in [0.5, 0.6) is 0 Å². The van der Waals surface area contributed by atoms with E-state index in [0.29, 0.717) is 11.3 Å². The molecular weight excluding hydrogens is 290 g/mol. The lowest BCUT2D eigenvalue weighted by molar-refractivity contribution is 0.0792. The molecule has 0 atom stereocenters. The number of carbonyl (C=O) groups excluding carboxylic acids is 1. The minimum absolute atomic E-state index is 0.0862. The first-order valence-corrected chi connectivity index (χ1v) is 6.97. The maximum atomic E-state index is 13.1. The number of amides is 1. The second-order valence-corrected chi connectivity index (χ2v) is 5.05. The molecule has 1 aliphatic rings. The van der Waals surface area contributed by atoms with Gasteiger partial charge < -0.3 is 10.2 Å². The van der Waals surface area contributed by atoms with Gasteiger partial charge in [0.15, 0.2) is 11.6 Å². The molecule has 0 radical (unpaired) electrons. The van der Waals surface area contributed by atoms with Gasteiger partial charge in [-0.15, -0.1) is 0 Å². The Morgan fingerprint density at radius 3 is 2.41 bits per heavy atom. The van der Waals surface area contributed by atoms with Gasteiger partial charge in [-0.2, -0.15) is 0 Å². The third-order valence-electron chi connectivity index (χ3n) is 3.47.